The number of benzene rings is 2. The van der Waals surface area contributed by atoms with Crippen LogP contribution in [0.15, 0.2) is 78.9 Å². The molecule has 2 aromatic carbocycles. The van der Waals surface area contributed by atoms with Gasteiger partial charge in [0.25, 0.3) is 5.91 Å². The molecule has 0 aliphatic carbocycles. The summed E-state index contributed by atoms with van der Waals surface area (Å²) < 4.78 is 6.65. The molecular weight excluding hydrogens is 518 g/mol. The van der Waals surface area contributed by atoms with Crippen molar-refractivity contribution in [1.82, 2.24) is 9.80 Å². The van der Waals surface area contributed by atoms with Crippen LogP contribution in [0.1, 0.15) is 12.5 Å². The van der Waals surface area contributed by atoms with Crippen molar-refractivity contribution in [2.75, 3.05) is 24.6 Å². The molecule has 8 nitrogen and oxygen atoms in total. The van der Waals surface area contributed by atoms with E-state index in [2.05, 4.69) is 0 Å². The molecule has 0 aromatic heterocycles. The molecule has 3 amide bonds. The Morgan fingerprint density at radius 2 is 1.74 bits per heavy atom. The largest absolute Gasteiger partial charge is 0.394 e. The van der Waals surface area contributed by atoms with Crippen LogP contribution in [0.3, 0.4) is 0 Å². The van der Waals surface area contributed by atoms with E-state index in [0.717, 1.165) is 5.56 Å². The number of rotatable bonds is 5. The monoisotopic (exact) mass is 547 g/mol. The fraction of sp³-hybridized carbons (Fsp3) is 0.367. The summed E-state index contributed by atoms with van der Waals surface area (Å²) in [7, 11) is 0. The van der Waals surface area contributed by atoms with Crippen molar-refractivity contribution in [3.63, 3.8) is 0 Å². The lowest BCUT2D eigenvalue weighted by Gasteiger charge is -2.37. The van der Waals surface area contributed by atoms with Crippen molar-refractivity contribution in [2.45, 2.75) is 37.3 Å². The quantitative estimate of drug-likeness (QED) is 0.581. The molecule has 1 spiro atoms. The highest BCUT2D eigenvalue weighted by atomic mass is 35.5. The molecule has 1 unspecified atom stereocenters. The molecule has 4 aliphatic rings. The van der Waals surface area contributed by atoms with Crippen molar-refractivity contribution in [1.29, 1.82) is 0 Å². The first-order valence-electron chi connectivity index (χ1n) is 13.2. The third kappa shape index (κ3) is 4.09. The zero-order chi connectivity index (χ0) is 27.3. The third-order valence-corrected chi connectivity index (χ3v) is 8.53. The summed E-state index contributed by atoms with van der Waals surface area (Å²) in [6.07, 6.45) is 6.74. The van der Waals surface area contributed by atoms with Gasteiger partial charge in [-0.2, -0.15) is 0 Å². The number of likely N-dealkylation sites (tertiary alicyclic amines) is 1. The topological polar surface area (TPSA) is 90.4 Å². The van der Waals surface area contributed by atoms with Gasteiger partial charge in [0.1, 0.15) is 11.6 Å². The highest BCUT2D eigenvalue weighted by Gasteiger charge is 2.72. The Hall–Kier alpha value is -3.46. The lowest BCUT2D eigenvalue weighted by Crippen LogP contribution is -2.57. The Balaban J connectivity index is 1.41. The van der Waals surface area contributed by atoms with Crippen molar-refractivity contribution in [2.24, 2.45) is 11.8 Å². The van der Waals surface area contributed by atoms with E-state index in [1.165, 1.54) is 4.90 Å². The first kappa shape index (κ1) is 25.8. The van der Waals surface area contributed by atoms with Gasteiger partial charge < -0.3 is 24.5 Å². The number of halogens is 1. The fourth-order valence-electron chi connectivity index (χ4n) is 6.49. The van der Waals surface area contributed by atoms with E-state index in [4.69, 9.17) is 16.3 Å². The minimum atomic E-state index is -1.34. The number of ether oxygens (including phenoxy) is 1. The molecule has 6 rings (SSSR count). The SMILES string of the molecule is C[C@H](CO)N1C(=O)[C@@H]2[C@@H]3C(=O)N(Cc4ccccc4)CC=C[C@@H]3O[C@@]23C=CCN(c2ccc(Cl)cc2)C(=O)C13. The van der Waals surface area contributed by atoms with Gasteiger partial charge >= 0.3 is 0 Å². The second-order valence-electron chi connectivity index (χ2n) is 10.6. The van der Waals surface area contributed by atoms with E-state index in [1.54, 1.807) is 47.1 Å². The van der Waals surface area contributed by atoms with Gasteiger partial charge in [-0.3, -0.25) is 14.4 Å². The summed E-state index contributed by atoms with van der Waals surface area (Å²) in [4.78, 5) is 47.3. The number of aliphatic hydroxyl groups is 1. The van der Waals surface area contributed by atoms with E-state index < -0.39 is 35.6 Å². The summed E-state index contributed by atoms with van der Waals surface area (Å²) in [5, 5.41) is 10.6. The van der Waals surface area contributed by atoms with Crippen LogP contribution in [0, 0.1) is 11.8 Å². The van der Waals surface area contributed by atoms with Gasteiger partial charge in [0.05, 0.1) is 30.6 Å². The minimum Gasteiger partial charge on any atom is -0.394 e. The Bertz CT molecular complexity index is 1350. The average molecular weight is 548 g/mol. The van der Waals surface area contributed by atoms with Crippen LogP contribution in [-0.4, -0.2) is 76.1 Å². The Morgan fingerprint density at radius 3 is 2.46 bits per heavy atom. The van der Waals surface area contributed by atoms with Gasteiger partial charge in [0.15, 0.2) is 0 Å². The fourth-order valence-corrected chi connectivity index (χ4v) is 6.62. The Kier molecular flexibility index (Phi) is 6.57. The van der Waals surface area contributed by atoms with Gasteiger partial charge in [-0.1, -0.05) is 66.2 Å². The van der Waals surface area contributed by atoms with E-state index in [-0.39, 0.29) is 30.9 Å². The number of aliphatic hydroxyl groups excluding tert-OH is 1. The van der Waals surface area contributed by atoms with Crippen LogP contribution in [0.5, 0.6) is 0 Å². The van der Waals surface area contributed by atoms with Crippen molar-refractivity contribution < 1.29 is 24.2 Å². The van der Waals surface area contributed by atoms with E-state index in [1.807, 2.05) is 48.6 Å². The molecule has 1 N–H and O–H groups in total. The molecule has 2 aromatic rings. The lowest BCUT2D eigenvalue weighted by atomic mass is 9.77. The van der Waals surface area contributed by atoms with Gasteiger partial charge in [-0.25, -0.2) is 0 Å². The summed E-state index contributed by atoms with van der Waals surface area (Å²) in [6, 6.07) is 15.0. The van der Waals surface area contributed by atoms with Gasteiger partial charge in [-0.15, -0.1) is 0 Å². The first-order chi connectivity index (χ1) is 18.9. The molecule has 6 atom stereocenters. The zero-order valence-electron chi connectivity index (χ0n) is 21.5. The number of hydrogen-bond acceptors (Lipinski definition) is 5. The maximum absolute atomic E-state index is 14.3. The molecule has 0 saturated carbocycles. The van der Waals surface area contributed by atoms with Gasteiger partial charge in [0, 0.05) is 30.3 Å². The smallest absolute Gasteiger partial charge is 0.253 e. The third-order valence-electron chi connectivity index (χ3n) is 8.27. The Labute approximate surface area is 232 Å². The molecule has 9 heteroatoms. The molecule has 2 fully saturated rings. The number of amides is 3. The highest BCUT2D eigenvalue weighted by molar-refractivity contribution is 6.30. The lowest BCUT2D eigenvalue weighted by molar-refractivity contribution is -0.146. The van der Waals surface area contributed by atoms with Crippen LogP contribution >= 0.6 is 11.6 Å². The van der Waals surface area contributed by atoms with Gasteiger partial charge in [0.2, 0.25) is 11.8 Å². The summed E-state index contributed by atoms with van der Waals surface area (Å²) >= 11 is 6.08. The van der Waals surface area contributed by atoms with Crippen LogP contribution in [-0.2, 0) is 25.7 Å². The van der Waals surface area contributed by atoms with Crippen molar-refractivity contribution in [3.05, 3.63) is 89.5 Å². The Morgan fingerprint density at radius 1 is 1.00 bits per heavy atom. The summed E-state index contributed by atoms with van der Waals surface area (Å²) in [6.45, 7) is 2.45. The first-order valence-corrected chi connectivity index (χ1v) is 13.6. The number of carbonyl (C=O) groups excluding carboxylic acids is 3. The van der Waals surface area contributed by atoms with Crippen molar-refractivity contribution >= 4 is 35.0 Å². The second kappa shape index (κ2) is 9.93. The van der Waals surface area contributed by atoms with E-state index >= 15 is 0 Å². The van der Waals surface area contributed by atoms with E-state index in [9.17, 15) is 19.5 Å². The summed E-state index contributed by atoms with van der Waals surface area (Å²) in [5.41, 5.74) is 0.278. The number of fused-ring (bicyclic) bond motifs is 2. The van der Waals surface area contributed by atoms with Crippen molar-refractivity contribution in [3.8, 4) is 0 Å². The van der Waals surface area contributed by atoms with Crippen LogP contribution in [0.25, 0.3) is 0 Å². The molecule has 39 heavy (non-hydrogen) atoms. The second-order valence-corrected chi connectivity index (χ2v) is 11.0. The van der Waals surface area contributed by atoms with Crippen LogP contribution in [0.4, 0.5) is 5.69 Å². The average Bonchev–Trinajstić information content (AvgIpc) is 3.27. The number of anilines is 1. The molecule has 2 saturated heterocycles. The van der Waals surface area contributed by atoms with Crippen LogP contribution in [0.2, 0.25) is 5.02 Å². The number of nitrogens with zero attached hydrogens (tertiary/aromatic N) is 3. The molecule has 4 heterocycles. The normalized spacial score (nSPS) is 30.6. The van der Waals surface area contributed by atoms with E-state index in [0.29, 0.717) is 23.8 Å². The molecule has 0 bridgehead atoms. The molecule has 4 aliphatic heterocycles. The number of hydrogen-bond donors (Lipinski definition) is 1. The molecular formula is C30H30ClN3O5. The standard InChI is InChI=1S/C30H30ClN3O5/c1-19(18-35)34-26-29(38)33(22-12-10-21(31)11-13-22)16-6-14-30(26)25(28(34)37)24-23(39-30)9-5-15-32(27(24)36)17-20-7-3-2-4-8-20/h2-14,19,23-26,35H,15-18H2,1H3/t19-,23+,24-,25+,26?,30+/m1/s1. The maximum atomic E-state index is 14.3. The van der Waals surface area contributed by atoms with Gasteiger partial charge in [-0.05, 0) is 36.8 Å². The predicted octanol–water partition coefficient (Wildman–Crippen LogP) is 2.80. The zero-order valence-corrected chi connectivity index (χ0v) is 22.3. The molecule has 202 valence electrons. The number of carbonyl (C=O) groups is 3. The highest BCUT2D eigenvalue weighted by Crippen LogP contribution is 2.54. The maximum Gasteiger partial charge on any atom is 0.253 e. The summed E-state index contributed by atoms with van der Waals surface area (Å²) in [5.74, 6) is -2.56. The molecule has 0 radical (unpaired) electrons. The minimum absolute atomic E-state index is 0.180. The predicted molar refractivity (Wildman–Crippen MR) is 146 cm³/mol. The van der Waals surface area contributed by atoms with Crippen LogP contribution < -0.4 is 4.90 Å².